The van der Waals surface area contributed by atoms with Gasteiger partial charge >= 0.3 is 0 Å². The molecule has 6 heteroatoms. The van der Waals surface area contributed by atoms with Crippen LogP contribution in [-0.4, -0.2) is 23.1 Å². The number of aryl methyl sites for hydroxylation is 1. The molecule has 33 heavy (non-hydrogen) atoms. The molecule has 6 nitrogen and oxygen atoms in total. The van der Waals surface area contributed by atoms with E-state index >= 15 is 0 Å². The molecule has 0 aliphatic carbocycles. The van der Waals surface area contributed by atoms with Crippen molar-refractivity contribution in [1.82, 2.24) is 9.97 Å². The zero-order valence-corrected chi connectivity index (χ0v) is 19.0. The third kappa shape index (κ3) is 8.53. The number of nitrogens with two attached hydrogens (primary N) is 2. The van der Waals surface area contributed by atoms with E-state index in [0.29, 0.717) is 0 Å². The molecule has 0 fully saturated rings. The van der Waals surface area contributed by atoms with Crippen molar-refractivity contribution in [3.8, 4) is 0 Å². The van der Waals surface area contributed by atoms with Gasteiger partial charge in [-0.2, -0.15) is 0 Å². The average molecular weight is 441 g/mol. The maximum atomic E-state index is 5.71. The summed E-state index contributed by atoms with van der Waals surface area (Å²) in [4.78, 5) is 7.99. The van der Waals surface area contributed by atoms with Crippen LogP contribution in [-0.2, 0) is 12.8 Å². The van der Waals surface area contributed by atoms with E-state index in [4.69, 9.17) is 11.5 Å². The Balaban J connectivity index is 0.000000186. The zero-order chi connectivity index (χ0) is 23.3. The lowest BCUT2D eigenvalue weighted by Crippen LogP contribution is -2.06. The van der Waals surface area contributed by atoms with Gasteiger partial charge in [-0.25, -0.2) is 0 Å². The van der Waals surface area contributed by atoms with E-state index in [1.807, 2.05) is 91.5 Å². The first kappa shape index (κ1) is 23.6. The molecular formula is C27H32N6. The van der Waals surface area contributed by atoms with Crippen molar-refractivity contribution in [3.63, 3.8) is 0 Å². The van der Waals surface area contributed by atoms with Crippen LogP contribution in [0.2, 0.25) is 0 Å². The minimum absolute atomic E-state index is 0.791. The van der Waals surface area contributed by atoms with Crippen molar-refractivity contribution < 1.29 is 0 Å². The Morgan fingerprint density at radius 1 is 0.636 bits per heavy atom. The summed E-state index contributed by atoms with van der Waals surface area (Å²) < 4.78 is 0. The smallest absolute Gasteiger partial charge is 0.0371 e. The van der Waals surface area contributed by atoms with E-state index in [2.05, 4.69) is 27.5 Å². The molecule has 0 bridgehead atoms. The van der Waals surface area contributed by atoms with Crippen molar-refractivity contribution in [2.45, 2.75) is 19.8 Å². The number of rotatable bonds is 8. The van der Waals surface area contributed by atoms with Crippen molar-refractivity contribution in [2.24, 2.45) is 0 Å². The third-order valence-electron chi connectivity index (χ3n) is 5.13. The second-order valence-corrected chi connectivity index (χ2v) is 7.76. The molecule has 2 aromatic heterocycles. The average Bonchev–Trinajstić information content (AvgIpc) is 2.84. The van der Waals surface area contributed by atoms with E-state index in [0.717, 1.165) is 48.7 Å². The quantitative estimate of drug-likeness (QED) is 0.289. The maximum absolute atomic E-state index is 5.71. The monoisotopic (exact) mass is 440 g/mol. The van der Waals surface area contributed by atoms with Gasteiger partial charge in [0, 0.05) is 60.6 Å². The largest absolute Gasteiger partial charge is 0.399 e. The lowest BCUT2D eigenvalue weighted by Gasteiger charge is -2.10. The van der Waals surface area contributed by atoms with Crippen LogP contribution in [0, 0.1) is 6.92 Å². The van der Waals surface area contributed by atoms with Crippen LogP contribution in [0.5, 0.6) is 0 Å². The molecule has 2 heterocycles. The minimum Gasteiger partial charge on any atom is -0.399 e. The molecular weight excluding hydrogens is 408 g/mol. The topological polar surface area (TPSA) is 102 Å². The molecule has 2 aromatic carbocycles. The van der Waals surface area contributed by atoms with Gasteiger partial charge in [-0.15, -0.1) is 0 Å². The summed E-state index contributed by atoms with van der Waals surface area (Å²) in [7, 11) is 0. The van der Waals surface area contributed by atoms with Crippen LogP contribution >= 0.6 is 0 Å². The fraction of sp³-hybridized carbons (Fsp3) is 0.185. The minimum atomic E-state index is 0.791. The van der Waals surface area contributed by atoms with Crippen molar-refractivity contribution in [1.29, 1.82) is 0 Å². The Morgan fingerprint density at radius 3 is 1.70 bits per heavy atom. The van der Waals surface area contributed by atoms with Crippen LogP contribution in [0.15, 0.2) is 91.5 Å². The Kier molecular flexibility index (Phi) is 9.09. The fourth-order valence-electron chi connectivity index (χ4n) is 3.28. The fourth-order valence-corrected chi connectivity index (χ4v) is 3.28. The van der Waals surface area contributed by atoms with Crippen LogP contribution in [0.3, 0.4) is 0 Å². The number of hydrogen-bond acceptors (Lipinski definition) is 6. The van der Waals surface area contributed by atoms with Crippen molar-refractivity contribution in [2.75, 3.05) is 35.2 Å². The van der Waals surface area contributed by atoms with Crippen LogP contribution < -0.4 is 22.1 Å². The number of nitrogen functional groups attached to an aromatic ring is 2. The first-order valence-electron chi connectivity index (χ1n) is 11.1. The van der Waals surface area contributed by atoms with Crippen molar-refractivity contribution in [3.05, 3.63) is 108 Å². The molecule has 0 atom stereocenters. The predicted molar refractivity (Wildman–Crippen MR) is 139 cm³/mol. The molecule has 0 saturated carbocycles. The summed E-state index contributed by atoms with van der Waals surface area (Å²) in [5.74, 6) is 0. The van der Waals surface area contributed by atoms with E-state index < -0.39 is 0 Å². The van der Waals surface area contributed by atoms with Crippen LogP contribution in [0.4, 0.5) is 22.7 Å². The van der Waals surface area contributed by atoms with Gasteiger partial charge in [-0.05, 0) is 103 Å². The molecule has 0 aliphatic heterocycles. The number of aromatic nitrogens is 2. The zero-order valence-electron chi connectivity index (χ0n) is 19.0. The third-order valence-corrected chi connectivity index (χ3v) is 5.13. The molecule has 0 radical (unpaired) electrons. The molecule has 0 spiro atoms. The van der Waals surface area contributed by atoms with Crippen molar-refractivity contribution >= 4 is 22.7 Å². The first-order valence-corrected chi connectivity index (χ1v) is 11.1. The Hall–Kier alpha value is -4.06. The van der Waals surface area contributed by atoms with Gasteiger partial charge in [0.15, 0.2) is 0 Å². The van der Waals surface area contributed by atoms with Crippen LogP contribution in [0.1, 0.15) is 16.7 Å². The predicted octanol–water partition coefficient (Wildman–Crippen LogP) is 4.95. The molecule has 0 saturated heterocycles. The lowest BCUT2D eigenvalue weighted by atomic mass is 10.1. The van der Waals surface area contributed by atoms with Gasteiger partial charge in [-0.1, -0.05) is 0 Å². The molecule has 0 aliphatic rings. The van der Waals surface area contributed by atoms with E-state index in [1.165, 1.54) is 16.7 Å². The van der Waals surface area contributed by atoms with E-state index in [-0.39, 0.29) is 0 Å². The van der Waals surface area contributed by atoms with Crippen LogP contribution in [0.25, 0.3) is 0 Å². The number of hydrogen-bond donors (Lipinski definition) is 4. The lowest BCUT2D eigenvalue weighted by molar-refractivity contribution is 1.01. The number of benzene rings is 2. The normalized spacial score (nSPS) is 10.1. The molecule has 0 unspecified atom stereocenters. The van der Waals surface area contributed by atoms with Gasteiger partial charge < -0.3 is 22.1 Å². The second-order valence-electron chi connectivity index (χ2n) is 7.76. The highest BCUT2D eigenvalue weighted by atomic mass is 14.9. The SMILES string of the molecule is Cc1cc(N)ccc1NCCc1ccncc1.Nc1ccc(NCCc2ccncc2)cc1. The number of nitrogens with one attached hydrogen (secondary N) is 2. The Morgan fingerprint density at radius 2 is 1.15 bits per heavy atom. The highest BCUT2D eigenvalue weighted by Crippen LogP contribution is 2.17. The highest BCUT2D eigenvalue weighted by Gasteiger charge is 1.98. The van der Waals surface area contributed by atoms with Gasteiger partial charge in [-0.3, -0.25) is 9.97 Å². The van der Waals surface area contributed by atoms with Gasteiger partial charge in [0.25, 0.3) is 0 Å². The van der Waals surface area contributed by atoms with E-state index in [1.54, 1.807) is 0 Å². The van der Waals surface area contributed by atoms with E-state index in [9.17, 15) is 0 Å². The first-order chi connectivity index (χ1) is 16.1. The number of anilines is 4. The summed E-state index contributed by atoms with van der Waals surface area (Å²) >= 11 is 0. The van der Waals surface area contributed by atoms with Gasteiger partial charge in [0.05, 0.1) is 0 Å². The molecule has 4 aromatic rings. The second kappa shape index (κ2) is 12.7. The maximum Gasteiger partial charge on any atom is 0.0371 e. The Labute approximate surface area is 196 Å². The van der Waals surface area contributed by atoms with Gasteiger partial charge in [0.2, 0.25) is 0 Å². The summed E-state index contributed by atoms with van der Waals surface area (Å²) in [6.07, 6.45) is 9.27. The highest BCUT2D eigenvalue weighted by molar-refractivity contribution is 5.57. The molecule has 0 amide bonds. The van der Waals surface area contributed by atoms with Gasteiger partial charge in [0.1, 0.15) is 0 Å². The standard InChI is InChI=1S/C14H17N3.C13H15N3/c1-11-10-13(15)2-3-14(11)17-9-6-12-4-7-16-8-5-12;14-12-1-3-13(4-2-12)16-10-7-11-5-8-15-9-6-11/h2-5,7-8,10,17H,6,9,15H2,1H3;1-6,8-9,16H,7,10,14H2. The Bertz CT molecular complexity index is 1080. The number of nitrogens with zero attached hydrogens (tertiary/aromatic N) is 2. The summed E-state index contributed by atoms with van der Waals surface area (Å²) in [6, 6.07) is 21.8. The summed E-state index contributed by atoms with van der Waals surface area (Å²) in [6.45, 7) is 3.88. The molecule has 4 rings (SSSR count). The summed E-state index contributed by atoms with van der Waals surface area (Å²) in [5.41, 5.74) is 18.9. The molecule has 170 valence electrons. The summed E-state index contributed by atoms with van der Waals surface area (Å²) in [5, 5.41) is 6.76. The molecule has 6 N–H and O–H groups in total. The number of pyridine rings is 2.